The van der Waals surface area contributed by atoms with Crippen LogP contribution in [0.15, 0.2) is 29.6 Å². The zero-order chi connectivity index (χ0) is 15.5. The minimum atomic E-state index is 0.0301. The van der Waals surface area contributed by atoms with Crippen LogP contribution in [0.3, 0.4) is 0 Å². The van der Waals surface area contributed by atoms with Crippen LogP contribution in [0.25, 0.3) is 0 Å². The molecular weight excluding hydrogens is 298 g/mol. The molecule has 3 rings (SSSR count). The number of hydrogen-bond donors (Lipinski definition) is 1. The van der Waals surface area contributed by atoms with Crippen molar-refractivity contribution in [1.82, 2.24) is 0 Å². The fraction of sp³-hybridized carbons (Fsp3) is 0.235. The summed E-state index contributed by atoms with van der Waals surface area (Å²) in [6.45, 7) is 0.191. The highest BCUT2D eigenvalue weighted by molar-refractivity contribution is 7.10. The number of carbonyl (C=O) groups excluding carboxylic acids is 1. The molecule has 0 spiro atoms. The second-order valence-corrected chi connectivity index (χ2v) is 5.85. The number of nitrogens with one attached hydrogen (secondary N) is 1. The quantitative estimate of drug-likeness (QED) is 0.882. The van der Waals surface area contributed by atoms with E-state index in [-0.39, 0.29) is 18.4 Å². The summed E-state index contributed by atoms with van der Waals surface area (Å²) in [5.74, 6) is 3.73. The topological polar surface area (TPSA) is 47.6 Å². The molecule has 0 bridgehead atoms. The second kappa shape index (κ2) is 6.12. The number of rotatable bonds is 4. The fourth-order valence-electron chi connectivity index (χ4n) is 2.58. The van der Waals surface area contributed by atoms with Gasteiger partial charge in [0.05, 0.1) is 12.8 Å². The Kier molecular flexibility index (Phi) is 4.03. The van der Waals surface area contributed by atoms with E-state index in [1.807, 2.05) is 29.6 Å². The van der Waals surface area contributed by atoms with E-state index in [0.717, 1.165) is 11.3 Å². The van der Waals surface area contributed by atoms with Crippen molar-refractivity contribution >= 4 is 22.9 Å². The molecule has 22 heavy (non-hydrogen) atoms. The molecule has 4 nitrogen and oxygen atoms in total. The number of benzene rings is 1. The number of carbonyl (C=O) groups is 1. The third-order valence-corrected chi connectivity index (χ3v) is 4.61. The zero-order valence-electron chi connectivity index (χ0n) is 12.1. The average molecular weight is 313 g/mol. The lowest BCUT2D eigenvalue weighted by atomic mass is 9.90. The maximum Gasteiger partial charge on any atom is 0.225 e. The van der Waals surface area contributed by atoms with Gasteiger partial charge < -0.3 is 14.8 Å². The molecule has 1 aliphatic rings. The van der Waals surface area contributed by atoms with Crippen LogP contribution >= 0.6 is 11.3 Å². The van der Waals surface area contributed by atoms with Gasteiger partial charge in [-0.05, 0) is 29.1 Å². The van der Waals surface area contributed by atoms with Gasteiger partial charge >= 0.3 is 0 Å². The smallest absolute Gasteiger partial charge is 0.225 e. The van der Waals surface area contributed by atoms with E-state index in [9.17, 15) is 4.79 Å². The van der Waals surface area contributed by atoms with Crippen molar-refractivity contribution < 1.29 is 14.3 Å². The predicted octanol–water partition coefficient (Wildman–Crippen LogP) is 3.24. The van der Waals surface area contributed by atoms with Crippen molar-refractivity contribution in [2.45, 2.75) is 12.3 Å². The van der Waals surface area contributed by atoms with Crippen LogP contribution in [0.4, 0.5) is 5.69 Å². The van der Waals surface area contributed by atoms with Crippen LogP contribution in [-0.2, 0) is 4.79 Å². The van der Waals surface area contributed by atoms with Crippen molar-refractivity contribution in [2.24, 2.45) is 0 Å². The van der Waals surface area contributed by atoms with Crippen LogP contribution in [-0.4, -0.2) is 19.6 Å². The molecule has 0 saturated heterocycles. The molecular formula is C17H15NO3S. The largest absolute Gasteiger partial charge is 0.493 e. The number of fused-ring (bicyclic) bond motifs is 1. The SMILES string of the molecule is C#CCOc1ccc([C@@H]2CC(=O)Nc3ccsc32)cc1OC. The van der Waals surface area contributed by atoms with E-state index in [2.05, 4.69) is 11.2 Å². The Morgan fingerprint density at radius 3 is 3.05 bits per heavy atom. The lowest BCUT2D eigenvalue weighted by Crippen LogP contribution is -2.21. The van der Waals surface area contributed by atoms with Gasteiger partial charge in [0, 0.05) is 17.2 Å². The highest BCUT2D eigenvalue weighted by Crippen LogP contribution is 2.42. The summed E-state index contributed by atoms with van der Waals surface area (Å²) in [6.07, 6.45) is 5.64. The number of amides is 1. The molecule has 1 aromatic heterocycles. The number of thiophene rings is 1. The van der Waals surface area contributed by atoms with Crippen LogP contribution in [0.2, 0.25) is 0 Å². The van der Waals surface area contributed by atoms with Crippen LogP contribution in [0.5, 0.6) is 11.5 Å². The predicted molar refractivity (Wildman–Crippen MR) is 86.7 cm³/mol. The molecule has 0 fully saturated rings. The van der Waals surface area contributed by atoms with Gasteiger partial charge in [0.2, 0.25) is 5.91 Å². The zero-order valence-corrected chi connectivity index (χ0v) is 12.9. The van der Waals surface area contributed by atoms with Crippen molar-refractivity contribution in [2.75, 3.05) is 19.0 Å². The molecule has 1 aromatic carbocycles. The molecule has 1 amide bonds. The number of ether oxygens (including phenoxy) is 2. The molecule has 1 N–H and O–H groups in total. The van der Waals surface area contributed by atoms with Gasteiger partial charge in [-0.15, -0.1) is 17.8 Å². The number of anilines is 1. The molecule has 1 aliphatic heterocycles. The lowest BCUT2D eigenvalue weighted by molar-refractivity contribution is -0.116. The first-order valence-corrected chi connectivity index (χ1v) is 7.72. The van der Waals surface area contributed by atoms with E-state index in [1.165, 1.54) is 4.88 Å². The van der Waals surface area contributed by atoms with Crippen LogP contribution in [0, 0.1) is 12.3 Å². The van der Waals surface area contributed by atoms with E-state index >= 15 is 0 Å². The number of methoxy groups -OCH3 is 1. The molecule has 5 heteroatoms. The van der Waals surface area contributed by atoms with Gasteiger partial charge in [-0.3, -0.25) is 4.79 Å². The maximum absolute atomic E-state index is 11.9. The summed E-state index contributed by atoms with van der Waals surface area (Å²) in [5, 5.41) is 4.89. The van der Waals surface area contributed by atoms with Gasteiger partial charge in [-0.2, -0.15) is 0 Å². The standard InChI is InChI=1S/C17H15NO3S/c1-3-7-21-14-5-4-11(9-15(14)20-2)12-10-16(19)18-13-6-8-22-17(12)13/h1,4-6,8-9,12H,7,10H2,2H3,(H,18,19)/t12-/m0/s1. The molecule has 0 unspecified atom stereocenters. The first kappa shape index (κ1) is 14.5. The molecule has 0 aliphatic carbocycles. The van der Waals surface area contributed by atoms with Crippen molar-refractivity contribution in [3.8, 4) is 23.8 Å². The molecule has 2 heterocycles. The second-order valence-electron chi connectivity index (χ2n) is 4.91. The van der Waals surface area contributed by atoms with E-state index in [1.54, 1.807) is 18.4 Å². The monoisotopic (exact) mass is 313 g/mol. The van der Waals surface area contributed by atoms with Gasteiger partial charge in [-0.25, -0.2) is 0 Å². The molecule has 1 atom stereocenters. The van der Waals surface area contributed by atoms with Crippen molar-refractivity contribution in [1.29, 1.82) is 0 Å². The Labute approximate surface area is 133 Å². The van der Waals surface area contributed by atoms with Crippen molar-refractivity contribution in [3.05, 3.63) is 40.1 Å². The normalized spacial score (nSPS) is 16.4. The first-order valence-electron chi connectivity index (χ1n) is 6.84. The van der Waals surface area contributed by atoms with E-state index in [0.29, 0.717) is 17.9 Å². The first-order chi connectivity index (χ1) is 10.7. The minimum Gasteiger partial charge on any atom is -0.493 e. The third kappa shape index (κ3) is 2.66. The van der Waals surface area contributed by atoms with Crippen LogP contribution < -0.4 is 14.8 Å². The molecule has 2 aromatic rings. The van der Waals surface area contributed by atoms with E-state index in [4.69, 9.17) is 15.9 Å². The lowest BCUT2D eigenvalue weighted by Gasteiger charge is -2.23. The molecule has 0 radical (unpaired) electrons. The Bertz CT molecular complexity index is 745. The number of terminal acetylenes is 1. The summed E-state index contributed by atoms with van der Waals surface area (Å²) in [6, 6.07) is 7.65. The molecule has 112 valence electrons. The third-order valence-electron chi connectivity index (χ3n) is 3.58. The summed E-state index contributed by atoms with van der Waals surface area (Å²) in [7, 11) is 1.59. The maximum atomic E-state index is 11.9. The highest BCUT2D eigenvalue weighted by atomic mass is 32.1. The number of hydrogen-bond acceptors (Lipinski definition) is 4. The van der Waals surface area contributed by atoms with Gasteiger partial charge in [0.15, 0.2) is 11.5 Å². The summed E-state index contributed by atoms with van der Waals surface area (Å²) in [4.78, 5) is 13.1. The average Bonchev–Trinajstić information content (AvgIpc) is 3.00. The van der Waals surface area contributed by atoms with Gasteiger partial charge in [-0.1, -0.05) is 12.0 Å². The van der Waals surface area contributed by atoms with Gasteiger partial charge in [0.25, 0.3) is 0 Å². The summed E-state index contributed by atoms with van der Waals surface area (Å²) < 4.78 is 10.8. The Hall–Kier alpha value is -2.45. The van der Waals surface area contributed by atoms with Crippen LogP contribution in [0.1, 0.15) is 22.8 Å². The Morgan fingerprint density at radius 1 is 1.41 bits per heavy atom. The summed E-state index contributed by atoms with van der Waals surface area (Å²) in [5.41, 5.74) is 1.93. The minimum absolute atomic E-state index is 0.0301. The Balaban J connectivity index is 1.96. The summed E-state index contributed by atoms with van der Waals surface area (Å²) >= 11 is 1.65. The van der Waals surface area contributed by atoms with E-state index < -0.39 is 0 Å². The fourth-order valence-corrected chi connectivity index (χ4v) is 3.56. The molecule has 0 saturated carbocycles. The highest BCUT2D eigenvalue weighted by Gasteiger charge is 2.28. The van der Waals surface area contributed by atoms with Crippen molar-refractivity contribution in [3.63, 3.8) is 0 Å². The van der Waals surface area contributed by atoms with Gasteiger partial charge in [0.1, 0.15) is 6.61 Å². The Morgan fingerprint density at radius 2 is 2.27 bits per heavy atom.